The summed E-state index contributed by atoms with van der Waals surface area (Å²) < 4.78 is 16.0. The highest BCUT2D eigenvalue weighted by atomic mass is 19.1. The molecule has 3 heterocycles. The van der Waals surface area contributed by atoms with Crippen LogP contribution in [0.2, 0.25) is 0 Å². The van der Waals surface area contributed by atoms with Crippen molar-refractivity contribution in [1.29, 1.82) is 0 Å². The van der Waals surface area contributed by atoms with Crippen molar-refractivity contribution in [3.63, 3.8) is 0 Å². The normalized spacial score (nSPS) is 11.0. The first-order chi connectivity index (χ1) is 14.0. The number of benzene rings is 1. The van der Waals surface area contributed by atoms with Crippen molar-refractivity contribution in [2.45, 2.75) is 19.9 Å². The van der Waals surface area contributed by atoms with E-state index in [9.17, 15) is 14.0 Å². The number of carbonyl (C=O) groups excluding carboxylic acids is 1. The number of fused-ring (bicyclic) bond motifs is 1. The van der Waals surface area contributed by atoms with E-state index >= 15 is 0 Å². The molecule has 0 aliphatic carbocycles. The summed E-state index contributed by atoms with van der Waals surface area (Å²) in [5, 5.41) is 7.24. The molecular formula is C20H17FN6O2. The summed E-state index contributed by atoms with van der Waals surface area (Å²) in [4.78, 5) is 33.3. The van der Waals surface area contributed by atoms with Gasteiger partial charge in [-0.1, -0.05) is 6.07 Å². The summed E-state index contributed by atoms with van der Waals surface area (Å²) in [6, 6.07) is 9.37. The number of pyridine rings is 1. The summed E-state index contributed by atoms with van der Waals surface area (Å²) in [5.74, 6) is -0.112. The Bertz CT molecular complexity index is 1250. The Kier molecular flexibility index (Phi) is 4.86. The van der Waals surface area contributed by atoms with Crippen molar-refractivity contribution in [2.75, 3.05) is 5.32 Å². The van der Waals surface area contributed by atoms with Crippen molar-refractivity contribution in [3.05, 3.63) is 76.9 Å². The fraction of sp³-hybridized carbons (Fsp3) is 0.150. The van der Waals surface area contributed by atoms with E-state index in [-0.39, 0.29) is 30.2 Å². The largest absolute Gasteiger partial charge is 0.310 e. The van der Waals surface area contributed by atoms with Gasteiger partial charge in [0.1, 0.15) is 17.0 Å². The highest BCUT2D eigenvalue weighted by Crippen LogP contribution is 2.14. The minimum Gasteiger partial charge on any atom is -0.310 e. The molecule has 0 atom stereocenters. The molecule has 0 aliphatic heterocycles. The number of amides is 1. The second kappa shape index (κ2) is 7.63. The second-order valence-corrected chi connectivity index (χ2v) is 6.48. The molecule has 29 heavy (non-hydrogen) atoms. The zero-order valence-corrected chi connectivity index (χ0v) is 15.5. The monoisotopic (exact) mass is 392 g/mol. The van der Waals surface area contributed by atoms with E-state index in [0.29, 0.717) is 22.5 Å². The van der Waals surface area contributed by atoms with Crippen LogP contribution in [0, 0.1) is 12.7 Å². The van der Waals surface area contributed by atoms with Gasteiger partial charge >= 0.3 is 0 Å². The average molecular weight is 392 g/mol. The molecule has 3 aromatic heterocycles. The standard InChI is InChI=1S/C20H17FN6O2/c1-13-3-2-9-22-18(13)25-17(28)8-10-26-12-23-19-16(20(26)29)11-24-27(19)15-6-4-14(21)5-7-15/h2-7,9,11-12H,8,10H2,1H3,(H,22,25,28). The van der Waals surface area contributed by atoms with E-state index in [1.165, 1.54) is 33.9 Å². The molecule has 0 radical (unpaired) electrons. The smallest absolute Gasteiger partial charge is 0.264 e. The molecular weight excluding hydrogens is 375 g/mol. The quantitative estimate of drug-likeness (QED) is 0.563. The van der Waals surface area contributed by atoms with E-state index < -0.39 is 0 Å². The maximum absolute atomic E-state index is 13.1. The predicted molar refractivity (Wildman–Crippen MR) is 105 cm³/mol. The SMILES string of the molecule is Cc1cccnc1NC(=O)CCn1cnc2c(cnn2-c2ccc(F)cc2)c1=O. The van der Waals surface area contributed by atoms with Crippen LogP contribution < -0.4 is 10.9 Å². The van der Waals surface area contributed by atoms with Crippen LogP contribution in [-0.4, -0.2) is 30.2 Å². The molecule has 1 N–H and O–H groups in total. The van der Waals surface area contributed by atoms with Crippen LogP contribution in [0.1, 0.15) is 12.0 Å². The highest BCUT2D eigenvalue weighted by Gasteiger charge is 2.13. The number of rotatable bonds is 5. The molecule has 4 rings (SSSR count). The number of hydrogen-bond donors (Lipinski definition) is 1. The predicted octanol–water partition coefficient (Wildman–Crippen LogP) is 2.45. The molecule has 1 aromatic carbocycles. The molecule has 0 unspecified atom stereocenters. The summed E-state index contributed by atoms with van der Waals surface area (Å²) in [6.07, 6.45) is 4.49. The Morgan fingerprint density at radius 1 is 1.17 bits per heavy atom. The highest BCUT2D eigenvalue weighted by molar-refractivity contribution is 5.90. The Morgan fingerprint density at radius 2 is 1.97 bits per heavy atom. The summed E-state index contributed by atoms with van der Waals surface area (Å²) in [6.45, 7) is 2.02. The number of aromatic nitrogens is 5. The number of aryl methyl sites for hydroxylation is 2. The Morgan fingerprint density at radius 3 is 2.72 bits per heavy atom. The summed E-state index contributed by atoms with van der Waals surface area (Å²) in [7, 11) is 0. The molecule has 8 nitrogen and oxygen atoms in total. The number of anilines is 1. The van der Waals surface area contributed by atoms with Gasteiger partial charge in [-0.3, -0.25) is 14.2 Å². The minimum atomic E-state index is -0.361. The molecule has 0 spiro atoms. The maximum atomic E-state index is 13.1. The van der Waals surface area contributed by atoms with Crippen LogP contribution in [0.3, 0.4) is 0 Å². The van der Waals surface area contributed by atoms with Crippen molar-refractivity contribution in [3.8, 4) is 5.69 Å². The fourth-order valence-electron chi connectivity index (χ4n) is 2.91. The zero-order valence-electron chi connectivity index (χ0n) is 15.5. The van der Waals surface area contributed by atoms with Gasteiger partial charge in [-0.15, -0.1) is 0 Å². The summed E-state index contributed by atoms with van der Waals surface area (Å²) >= 11 is 0. The first-order valence-electron chi connectivity index (χ1n) is 8.93. The Balaban J connectivity index is 1.52. The van der Waals surface area contributed by atoms with Gasteiger partial charge in [-0.2, -0.15) is 5.10 Å². The van der Waals surface area contributed by atoms with Crippen molar-refractivity contribution < 1.29 is 9.18 Å². The van der Waals surface area contributed by atoms with Crippen molar-refractivity contribution >= 4 is 22.8 Å². The molecule has 146 valence electrons. The molecule has 0 fully saturated rings. The van der Waals surface area contributed by atoms with Crippen molar-refractivity contribution in [2.24, 2.45) is 0 Å². The van der Waals surface area contributed by atoms with Crippen LogP contribution in [-0.2, 0) is 11.3 Å². The molecule has 9 heteroatoms. The van der Waals surface area contributed by atoms with E-state index in [0.717, 1.165) is 5.56 Å². The lowest BCUT2D eigenvalue weighted by Crippen LogP contribution is -2.24. The lowest BCUT2D eigenvalue weighted by molar-refractivity contribution is -0.116. The lowest BCUT2D eigenvalue weighted by Gasteiger charge is -2.08. The molecule has 4 aromatic rings. The molecule has 0 aliphatic rings. The van der Waals surface area contributed by atoms with Crippen molar-refractivity contribution in [1.82, 2.24) is 24.3 Å². The number of nitrogens with one attached hydrogen (secondary N) is 1. The molecule has 0 saturated heterocycles. The van der Waals surface area contributed by atoms with Gasteiger partial charge in [0.25, 0.3) is 5.56 Å². The first kappa shape index (κ1) is 18.5. The van der Waals surface area contributed by atoms with Crippen LogP contribution in [0.15, 0.2) is 59.9 Å². The fourth-order valence-corrected chi connectivity index (χ4v) is 2.91. The third-order valence-electron chi connectivity index (χ3n) is 4.47. The number of nitrogens with zero attached hydrogens (tertiary/aromatic N) is 5. The zero-order chi connectivity index (χ0) is 20.4. The second-order valence-electron chi connectivity index (χ2n) is 6.48. The molecule has 0 bridgehead atoms. The number of hydrogen-bond acceptors (Lipinski definition) is 5. The Hall–Kier alpha value is -3.88. The van der Waals surface area contributed by atoms with Gasteiger partial charge in [0, 0.05) is 19.2 Å². The molecule has 1 amide bonds. The van der Waals surface area contributed by atoms with Gasteiger partial charge in [0.2, 0.25) is 5.91 Å². The topological polar surface area (TPSA) is 94.7 Å². The van der Waals surface area contributed by atoms with Gasteiger partial charge in [0.05, 0.1) is 18.2 Å². The van der Waals surface area contributed by atoms with E-state index in [1.54, 1.807) is 24.4 Å². The lowest BCUT2D eigenvalue weighted by atomic mass is 10.3. The van der Waals surface area contributed by atoms with E-state index in [1.807, 2.05) is 13.0 Å². The Labute approximate surface area is 164 Å². The maximum Gasteiger partial charge on any atom is 0.264 e. The van der Waals surface area contributed by atoms with Crippen LogP contribution >= 0.6 is 0 Å². The third kappa shape index (κ3) is 3.75. The first-order valence-corrected chi connectivity index (χ1v) is 8.93. The van der Waals surface area contributed by atoms with Gasteiger partial charge in [-0.05, 0) is 42.8 Å². The minimum absolute atomic E-state index is 0.0925. The van der Waals surface area contributed by atoms with Crippen LogP contribution in [0.25, 0.3) is 16.7 Å². The number of halogens is 1. The van der Waals surface area contributed by atoms with Crippen LogP contribution in [0.5, 0.6) is 0 Å². The van der Waals surface area contributed by atoms with Gasteiger partial charge in [0.15, 0.2) is 5.65 Å². The summed E-state index contributed by atoms with van der Waals surface area (Å²) in [5.41, 5.74) is 1.52. The van der Waals surface area contributed by atoms with E-state index in [2.05, 4.69) is 20.4 Å². The number of carbonyl (C=O) groups is 1. The third-order valence-corrected chi connectivity index (χ3v) is 4.47. The van der Waals surface area contributed by atoms with Gasteiger partial charge < -0.3 is 5.32 Å². The van der Waals surface area contributed by atoms with Gasteiger partial charge in [-0.25, -0.2) is 19.0 Å². The molecule has 0 saturated carbocycles. The average Bonchev–Trinajstić information content (AvgIpc) is 3.15. The van der Waals surface area contributed by atoms with E-state index in [4.69, 9.17) is 0 Å². The van der Waals surface area contributed by atoms with Crippen LogP contribution in [0.4, 0.5) is 10.2 Å².